The van der Waals surface area contributed by atoms with Gasteiger partial charge in [0.15, 0.2) is 0 Å². The van der Waals surface area contributed by atoms with E-state index < -0.39 is 5.41 Å². The highest BCUT2D eigenvalue weighted by molar-refractivity contribution is 9.11. The van der Waals surface area contributed by atoms with Crippen LogP contribution in [0, 0.1) is 0 Å². The van der Waals surface area contributed by atoms with Crippen molar-refractivity contribution in [1.82, 2.24) is 0 Å². The van der Waals surface area contributed by atoms with Crippen LogP contribution in [0.1, 0.15) is 47.2 Å². The third-order valence-corrected chi connectivity index (χ3v) is 11.4. The van der Waals surface area contributed by atoms with Crippen LogP contribution in [-0.4, -0.2) is 0 Å². The summed E-state index contributed by atoms with van der Waals surface area (Å²) in [5.74, 6) is 0. The Kier molecular flexibility index (Phi) is 6.77. The predicted molar refractivity (Wildman–Crippen MR) is 198 cm³/mol. The monoisotopic (exact) mass is 822 g/mol. The van der Waals surface area contributed by atoms with E-state index in [0.717, 1.165) is 17.9 Å². The molecule has 0 saturated carbocycles. The molecule has 8 rings (SSSR count). The van der Waals surface area contributed by atoms with Crippen LogP contribution in [0.2, 0.25) is 0 Å². The standard InChI is InChI=1S/C40H26Br4/c1-39(2)33-11-7-6-10-31(33)37-34(39)14-15-35-38(37)32-13-12-24(23-8-4-3-5-9-23)16-36(32)40(35,25-17-27(41)21-28(42)18-25)26-19-29(43)22-30(44)20-26/h3-22H,1-2H3. The molecule has 6 aromatic carbocycles. The second-order valence-electron chi connectivity index (χ2n) is 12.3. The van der Waals surface area contributed by atoms with Crippen LogP contribution in [0.5, 0.6) is 0 Å². The summed E-state index contributed by atoms with van der Waals surface area (Å²) in [6.07, 6.45) is 0. The smallest absolute Gasteiger partial charge is 0.0622 e. The molecule has 0 aliphatic heterocycles. The van der Waals surface area contributed by atoms with Crippen molar-refractivity contribution in [2.24, 2.45) is 0 Å². The molecule has 44 heavy (non-hydrogen) atoms. The zero-order valence-electron chi connectivity index (χ0n) is 24.1. The fourth-order valence-electron chi connectivity index (χ4n) is 7.74. The Morgan fingerprint density at radius 3 is 1.57 bits per heavy atom. The molecule has 0 aromatic heterocycles. The summed E-state index contributed by atoms with van der Waals surface area (Å²) in [6, 6.07) is 45.0. The molecule has 0 amide bonds. The maximum atomic E-state index is 3.85. The number of benzene rings is 6. The first-order chi connectivity index (χ1) is 21.2. The van der Waals surface area contributed by atoms with E-state index >= 15 is 0 Å². The molecule has 0 bridgehead atoms. The van der Waals surface area contributed by atoms with Gasteiger partial charge in [-0.1, -0.05) is 156 Å². The van der Waals surface area contributed by atoms with Gasteiger partial charge >= 0.3 is 0 Å². The van der Waals surface area contributed by atoms with Crippen molar-refractivity contribution in [3.63, 3.8) is 0 Å². The van der Waals surface area contributed by atoms with E-state index in [1.807, 2.05) is 0 Å². The number of hydrogen-bond acceptors (Lipinski definition) is 0. The van der Waals surface area contributed by atoms with Gasteiger partial charge in [0.1, 0.15) is 0 Å². The highest BCUT2D eigenvalue weighted by atomic mass is 79.9. The molecule has 0 fully saturated rings. The van der Waals surface area contributed by atoms with E-state index in [1.54, 1.807) is 0 Å². The van der Waals surface area contributed by atoms with Crippen molar-refractivity contribution in [1.29, 1.82) is 0 Å². The number of fused-ring (bicyclic) bond motifs is 7. The highest BCUT2D eigenvalue weighted by Crippen LogP contribution is 2.63. The SMILES string of the molecule is CC1(C)c2ccccc2-c2c1ccc1c2-c2ccc(-c3ccccc3)cc2C1(c1cc(Br)cc(Br)c1)c1cc(Br)cc(Br)c1. The molecule has 0 atom stereocenters. The van der Waals surface area contributed by atoms with Crippen molar-refractivity contribution >= 4 is 63.7 Å². The predicted octanol–water partition coefficient (Wildman–Crippen LogP) is 13.1. The van der Waals surface area contributed by atoms with Crippen LogP contribution in [0.4, 0.5) is 0 Å². The molecule has 0 nitrogen and oxygen atoms in total. The summed E-state index contributed by atoms with van der Waals surface area (Å²) in [5.41, 5.74) is 14.9. The lowest BCUT2D eigenvalue weighted by Gasteiger charge is -2.35. The fraction of sp³-hybridized carbons (Fsp3) is 0.100. The molecule has 6 aromatic rings. The van der Waals surface area contributed by atoms with Gasteiger partial charge in [-0.05, 0) is 109 Å². The van der Waals surface area contributed by atoms with Crippen molar-refractivity contribution in [3.8, 4) is 33.4 Å². The molecule has 0 spiro atoms. The van der Waals surface area contributed by atoms with Crippen LogP contribution in [0.25, 0.3) is 33.4 Å². The van der Waals surface area contributed by atoms with Crippen LogP contribution in [-0.2, 0) is 10.8 Å². The Hall–Kier alpha value is -2.76. The number of rotatable bonds is 3. The average molecular weight is 826 g/mol. The van der Waals surface area contributed by atoms with Crippen LogP contribution in [0.15, 0.2) is 139 Å². The quantitative estimate of drug-likeness (QED) is 0.166. The zero-order chi connectivity index (χ0) is 30.4. The largest absolute Gasteiger partial charge is 0.0715 e. The molecule has 0 radical (unpaired) electrons. The fourth-order valence-corrected chi connectivity index (χ4v) is 10.3. The summed E-state index contributed by atoms with van der Waals surface area (Å²) in [5, 5.41) is 0. The third-order valence-electron chi connectivity index (χ3n) is 9.54. The molecule has 0 unspecified atom stereocenters. The Labute approximate surface area is 292 Å². The van der Waals surface area contributed by atoms with Crippen LogP contribution in [0.3, 0.4) is 0 Å². The van der Waals surface area contributed by atoms with E-state index in [-0.39, 0.29) is 5.41 Å². The normalized spacial score (nSPS) is 15.0. The van der Waals surface area contributed by atoms with Gasteiger partial charge in [-0.25, -0.2) is 0 Å². The van der Waals surface area contributed by atoms with Gasteiger partial charge in [-0.15, -0.1) is 0 Å². The summed E-state index contributed by atoms with van der Waals surface area (Å²) in [7, 11) is 0. The lowest BCUT2D eigenvalue weighted by molar-refractivity contribution is 0.659. The second kappa shape index (κ2) is 10.4. The number of halogens is 4. The lowest BCUT2D eigenvalue weighted by Crippen LogP contribution is -2.29. The maximum Gasteiger partial charge on any atom is 0.0715 e. The molecule has 4 heteroatoms. The maximum absolute atomic E-state index is 3.85. The van der Waals surface area contributed by atoms with E-state index in [1.165, 1.54) is 66.8 Å². The van der Waals surface area contributed by atoms with Gasteiger partial charge in [0.05, 0.1) is 5.41 Å². The minimum atomic E-state index is -0.579. The minimum absolute atomic E-state index is 0.0893. The van der Waals surface area contributed by atoms with Gasteiger partial charge in [0.25, 0.3) is 0 Å². The van der Waals surface area contributed by atoms with Gasteiger partial charge in [-0.2, -0.15) is 0 Å². The first-order valence-electron chi connectivity index (χ1n) is 14.6. The molecular formula is C40H26Br4. The summed E-state index contributed by atoms with van der Waals surface area (Å²) < 4.78 is 4.16. The van der Waals surface area contributed by atoms with Gasteiger partial charge < -0.3 is 0 Å². The van der Waals surface area contributed by atoms with Crippen LogP contribution < -0.4 is 0 Å². The number of hydrogen-bond donors (Lipinski definition) is 0. The van der Waals surface area contributed by atoms with Gasteiger partial charge in [0.2, 0.25) is 0 Å². The van der Waals surface area contributed by atoms with Crippen molar-refractivity contribution in [3.05, 3.63) is 173 Å². The minimum Gasteiger partial charge on any atom is -0.0622 e. The van der Waals surface area contributed by atoms with E-state index in [2.05, 4.69) is 199 Å². The van der Waals surface area contributed by atoms with E-state index in [0.29, 0.717) is 0 Å². The molecule has 2 aliphatic carbocycles. The lowest BCUT2D eigenvalue weighted by atomic mass is 9.67. The first kappa shape index (κ1) is 28.7. The van der Waals surface area contributed by atoms with Gasteiger partial charge in [0, 0.05) is 23.3 Å². The van der Waals surface area contributed by atoms with E-state index in [4.69, 9.17) is 0 Å². The van der Waals surface area contributed by atoms with Crippen molar-refractivity contribution in [2.45, 2.75) is 24.7 Å². The first-order valence-corrected chi connectivity index (χ1v) is 17.8. The Morgan fingerprint density at radius 2 is 0.932 bits per heavy atom. The molecule has 214 valence electrons. The molecule has 0 heterocycles. The summed E-state index contributed by atoms with van der Waals surface area (Å²) in [6.45, 7) is 4.73. The molecular weight excluding hydrogens is 800 g/mol. The van der Waals surface area contributed by atoms with Crippen LogP contribution >= 0.6 is 63.7 Å². The average Bonchev–Trinajstić information content (AvgIpc) is 3.43. The van der Waals surface area contributed by atoms with Gasteiger partial charge in [-0.3, -0.25) is 0 Å². The molecule has 0 saturated heterocycles. The molecule has 2 aliphatic rings. The van der Waals surface area contributed by atoms with Crippen molar-refractivity contribution < 1.29 is 0 Å². The van der Waals surface area contributed by atoms with Crippen molar-refractivity contribution in [2.75, 3.05) is 0 Å². The highest BCUT2D eigenvalue weighted by Gasteiger charge is 2.50. The molecule has 0 N–H and O–H groups in total. The second-order valence-corrected chi connectivity index (χ2v) is 15.9. The summed E-state index contributed by atoms with van der Waals surface area (Å²) >= 11 is 15.4. The topological polar surface area (TPSA) is 0 Å². The summed E-state index contributed by atoms with van der Waals surface area (Å²) in [4.78, 5) is 0. The Balaban J connectivity index is 1.59. The zero-order valence-corrected chi connectivity index (χ0v) is 30.4. The third kappa shape index (κ3) is 4.10. The Morgan fingerprint density at radius 1 is 0.409 bits per heavy atom. The Bertz CT molecular complexity index is 2050. The van der Waals surface area contributed by atoms with E-state index in [9.17, 15) is 0 Å².